The van der Waals surface area contributed by atoms with Gasteiger partial charge in [0.05, 0.1) is 0 Å². The zero-order valence-electron chi connectivity index (χ0n) is 8.96. The summed E-state index contributed by atoms with van der Waals surface area (Å²) in [5.74, 6) is 0.794. The number of aromatic nitrogens is 1. The van der Waals surface area contributed by atoms with Gasteiger partial charge < -0.3 is 0 Å². The third-order valence-corrected chi connectivity index (χ3v) is 2.81. The van der Waals surface area contributed by atoms with Crippen LogP contribution in [0, 0.1) is 5.92 Å². The minimum Gasteiger partial charge on any atom is -0.244 e. The van der Waals surface area contributed by atoms with Crippen molar-refractivity contribution in [2.45, 2.75) is 39.5 Å². The van der Waals surface area contributed by atoms with Gasteiger partial charge in [0.2, 0.25) is 0 Å². The Hall–Kier alpha value is -0.560. The van der Waals surface area contributed by atoms with Gasteiger partial charge >= 0.3 is 0 Å². The quantitative estimate of drug-likeness (QED) is 0.669. The Morgan fingerprint density at radius 1 is 1.36 bits per heavy atom. The number of rotatable bonds is 5. The minimum absolute atomic E-state index is 0.581. The maximum absolute atomic E-state index is 5.73. The summed E-state index contributed by atoms with van der Waals surface area (Å²) in [6.07, 6.45) is 6.84. The summed E-state index contributed by atoms with van der Waals surface area (Å²) >= 11 is 5.73. The van der Waals surface area contributed by atoms with E-state index in [9.17, 15) is 0 Å². The molecule has 78 valence electrons. The summed E-state index contributed by atoms with van der Waals surface area (Å²) in [6, 6.07) is 3.95. The lowest BCUT2D eigenvalue weighted by Gasteiger charge is -2.13. The molecule has 1 rings (SSSR count). The molecule has 0 saturated heterocycles. The van der Waals surface area contributed by atoms with Gasteiger partial charge in [-0.15, -0.1) is 0 Å². The Kier molecular flexibility index (Phi) is 4.95. The van der Waals surface area contributed by atoms with Crippen LogP contribution in [-0.2, 0) is 6.42 Å². The fourth-order valence-corrected chi connectivity index (χ4v) is 1.83. The van der Waals surface area contributed by atoms with Crippen LogP contribution in [0.3, 0.4) is 0 Å². The maximum Gasteiger partial charge on any atom is 0.129 e. The van der Waals surface area contributed by atoms with Crippen LogP contribution in [0.4, 0.5) is 0 Å². The molecular formula is C12H18ClN. The standard InChI is InChI=1S/C12H18ClN/c1-3-5-10(4-2)8-11-6-7-12(13)14-9-11/h6-7,9-10H,3-5,8H2,1-2H3. The molecule has 0 spiro atoms. The second-order valence-corrected chi connectivity index (χ2v) is 4.14. The lowest BCUT2D eigenvalue weighted by Crippen LogP contribution is -2.03. The molecule has 0 aliphatic rings. The van der Waals surface area contributed by atoms with Crippen LogP contribution in [0.1, 0.15) is 38.7 Å². The molecule has 1 atom stereocenters. The molecule has 0 aliphatic carbocycles. The molecule has 0 aliphatic heterocycles. The first-order valence-corrected chi connectivity index (χ1v) is 5.74. The Labute approximate surface area is 91.5 Å². The van der Waals surface area contributed by atoms with Crippen molar-refractivity contribution in [3.63, 3.8) is 0 Å². The minimum atomic E-state index is 0.581. The van der Waals surface area contributed by atoms with E-state index in [-0.39, 0.29) is 0 Å². The molecule has 14 heavy (non-hydrogen) atoms. The maximum atomic E-state index is 5.73. The largest absolute Gasteiger partial charge is 0.244 e. The summed E-state index contributed by atoms with van der Waals surface area (Å²) in [4.78, 5) is 4.09. The molecule has 0 bridgehead atoms. The molecule has 1 nitrogen and oxygen atoms in total. The Morgan fingerprint density at radius 2 is 2.14 bits per heavy atom. The van der Waals surface area contributed by atoms with Crippen LogP contribution in [-0.4, -0.2) is 4.98 Å². The molecule has 1 unspecified atom stereocenters. The predicted octanol–water partition coefficient (Wildman–Crippen LogP) is 4.10. The van der Waals surface area contributed by atoms with Gasteiger partial charge in [-0.3, -0.25) is 0 Å². The Balaban J connectivity index is 2.53. The van der Waals surface area contributed by atoms with Crippen LogP contribution in [0.15, 0.2) is 18.3 Å². The van der Waals surface area contributed by atoms with Crippen LogP contribution in [0.5, 0.6) is 0 Å². The van der Waals surface area contributed by atoms with Crippen molar-refractivity contribution < 1.29 is 0 Å². The first kappa shape index (κ1) is 11.5. The van der Waals surface area contributed by atoms with Gasteiger partial charge in [-0.2, -0.15) is 0 Å². The highest BCUT2D eigenvalue weighted by Gasteiger charge is 2.06. The fraction of sp³-hybridized carbons (Fsp3) is 0.583. The van der Waals surface area contributed by atoms with Gasteiger partial charge in [0.15, 0.2) is 0 Å². The SMILES string of the molecule is CCCC(CC)Cc1ccc(Cl)nc1. The van der Waals surface area contributed by atoms with Crippen molar-refractivity contribution >= 4 is 11.6 Å². The number of pyridine rings is 1. The van der Waals surface area contributed by atoms with Crippen LogP contribution < -0.4 is 0 Å². The van der Waals surface area contributed by atoms with E-state index < -0.39 is 0 Å². The molecule has 0 amide bonds. The van der Waals surface area contributed by atoms with E-state index in [4.69, 9.17) is 11.6 Å². The summed E-state index contributed by atoms with van der Waals surface area (Å²) in [6.45, 7) is 4.49. The van der Waals surface area contributed by atoms with E-state index >= 15 is 0 Å². The number of hydrogen-bond donors (Lipinski definition) is 0. The highest BCUT2D eigenvalue weighted by Crippen LogP contribution is 2.17. The average molecular weight is 212 g/mol. The third-order valence-electron chi connectivity index (χ3n) is 2.59. The van der Waals surface area contributed by atoms with E-state index in [1.165, 1.54) is 24.8 Å². The molecule has 0 aromatic carbocycles. The molecule has 1 aromatic heterocycles. The number of halogens is 1. The topological polar surface area (TPSA) is 12.9 Å². The van der Waals surface area contributed by atoms with E-state index in [2.05, 4.69) is 24.9 Å². The van der Waals surface area contributed by atoms with Crippen molar-refractivity contribution in [3.05, 3.63) is 29.0 Å². The van der Waals surface area contributed by atoms with Gasteiger partial charge in [-0.1, -0.05) is 50.8 Å². The third kappa shape index (κ3) is 3.67. The second kappa shape index (κ2) is 6.02. The Bertz CT molecular complexity index is 256. The van der Waals surface area contributed by atoms with Gasteiger partial charge in [0.1, 0.15) is 5.15 Å². The van der Waals surface area contributed by atoms with Gasteiger partial charge in [0.25, 0.3) is 0 Å². The van der Waals surface area contributed by atoms with Crippen LogP contribution in [0.2, 0.25) is 5.15 Å². The van der Waals surface area contributed by atoms with Gasteiger partial charge in [-0.25, -0.2) is 4.98 Å². The highest BCUT2D eigenvalue weighted by atomic mass is 35.5. The lowest BCUT2D eigenvalue weighted by molar-refractivity contribution is 0.462. The average Bonchev–Trinajstić information content (AvgIpc) is 2.20. The molecule has 1 heterocycles. The zero-order chi connectivity index (χ0) is 10.4. The monoisotopic (exact) mass is 211 g/mol. The van der Waals surface area contributed by atoms with Crippen molar-refractivity contribution in [1.29, 1.82) is 0 Å². The van der Waals surface area contributed by atoms with Gasteiger partial charge in [-0.05, 0) is 24.0 Å². The predicted molar refractivity (Wildman–Crippen MR) is 61.6 cm³/mol. The summed E-state index contributed by atoms with van der Waals surface area (Å²) in [5, 5.41) is 0.581. The summed E-state index contributed by atoms with van der Waals surface area (Å²) in [5.41, 5.74) is 1.30. The molecule has 0 N–H and O–H groups in total. The number of nitrogens with zero attached hydrogens (tertiary/aromatic N) is 1. The second-order valence-electron chi connectivity index (χ2n) is 3.76. The molecule has 0 saturated carbocycles. The van der Waals surface area contributed by atoms with Crippen LogP contribution in [0.25, 0.3) is 0 Å². The Morgan fingerprint density at radius 3 is 2.64 bits per heavy atom. The first-order valence-electron chi connectivity index (χ1n) is 5.36. The summed E-state index contributed by atoms with van der Waals surface area (Å²) < 4.78 is 0. The van der Waals surface area contributed by atoms with Gasteiger partial charge in [0, 0.05) is 6.20 Å². The summed E-state index contributed by atoms with van der Waals surface area (Å²) in [7, 11) is 0. The normalized spacial score (nSPS) is 12.8. The molecule has 2 heteroatoms. The smallest absolute Gasteiger partial charge is 0.129 e. The van der Waals surface area contributed by atoms with Crippen LogP contribution >= 0.6 is 11.6 Å². The molecule has 0 fully saturated rings. The first-order chi connectivity index (χ1) is 6.76. The highest BCUT2D eigenvalue weighted by molar-refractivity contribution is 6.29. The zero-order valence-corrected chi connectivity index (χ0v) is 9.72. The fourth-order valence-electron chi connectivity index (χ4n) is 1.72. The number of hydrogen-bond acceptors (Lipinski definition) is 1. The van der Waals surface area contributed by atoms with Crippen molar-refractivity contribution in [2.24, 2.45) is 5.92 Å². The molecule has 1 aromatic rings. The van der Waals surface area contributed by atoms with E-state index in [0.717, 1.165) is 12.3 Å². The molecule has 0 radical (unpaired) electrons. The van der Waals surface area contributed by atoms with E-state index in [1.807, 2.05) is 12.3 Å². The lowest BCUT2D eigenvalue weighted by atomic mass is 9.94. The van der Waals surface area contributed by atoms with E-state index in [0.29, 0.717) is 5.15 Å². The van der Waals surface area contributed by atoms with Crippen molar-refractivity contribution in [3.8, 4) is 0 Å². The van der Waals surface area contributed by atoms with Crippen molar-refractivity contribution in [1.82, 2.24) is 4.98 Å². The molecular weight excluding hydrogens is 194 g/mol. The van der Waals surface area contributed by atoms with Crippen molar-refractivity contribution in [2.75, 3.05) is 0 Å². The van der Waals surface area contributed by atoms with E-state index in [1.54, 1.807) is 0 Å².